The first-order valence-electron chi connectivity index (χ1n) is 4.99. The number of thiophene rings is 1. The molecule has 0 radical (unpaired) electrons. The number of amides is 1. The number of hydrogen-bond acceptors (Lipinski definition) is 4. The minimum atomic E-state index is 0.00304. The first-order valence-corrected chi connectivity index (χ1v) is 6.68. The SMILES string of the molecule is Cc1cnc(CCNC(=O)c2cccs2)s1. The fourth-order valence-electron chi connectivity index (χ4n) is 1.29. The van der Waals surface area contributed by atoms with Crippen LogP contribution >= 0.6 is 22.7 Å². The molecule has 0 bridgehead atoms. The zero-order chi connectivity index (χ0) is 11.4. The number of carbonyl (C=O) groups excluding carboxylic acids is 1. The monoisotopic (exact) mass is 252 g/mol. The Bertz CT molecular complexity index is 462. The van der Waals surface area contributed by atoms with Crippen LogP contribution in [0.25, 0.3) is 0 Å². The Morgan fingerprint density at radius 1 is 1.56 bits per heavy atom. The average molecular weight is 252 g/mol. The van der Waals surface area contributed by atoms with E-state index in [4.69, 9.17) is 0 Å². The van der Waals surface area contributed by atoms with Gasteiger partial charge in [-0.2, -0.15) is 0 Å². The van der Waals surface area contributed by atoms with Crippen molar-refractivity contribution in [3.63, 3.8) is 0 Å². The molecule has 2 rings (SSSR count). The van der Waals surface area contributed by atoms with Crippen LogP contribution in [0.4, 0.5) is 0 Å². The zero-order valence-electron chi connectivity index (χ0n) is 8.90. The summed E-state index contributed by atoms with van der Waals surface area (Å²) in [5.74, 6) is 0.00304. The normalized spacial score (nSPS) is 10.3. The molecule has 1 N–H and O–H groups in total. The summed E-state index contributed by atoms with van der Waals surface area (Å²) in [6.07, 6.45) is 2.66. The fourth-order valence-corrected chi connectivity index (χ4v) is 2.72. The summed E-state index contributed by atoms with van der Waals surface area (Å²) in [5.41, 5.74) is 0. The second-order valence-electron chi connectivity index (χ2n) is 3.35. The third-order valence-corrected chi connectivity index (χ3v) is 3.88. The molecule has 0 spiro atoms. The summed E-state index contributed by atoms with van der Waals surface area (Å²) in [4.78, 5) is 17.8. The van der Waals surface area contributed by atoms with Gasteiger partial charge in [0.15, 0.2) is 0 Å². The van der Waals surface area contributed by atoms with Gasteiger partial charge in [-0.3, -0.25) is 4.79 Å². The molecule has 1 amide bonds. The molecular weight excluding hydrogens is 240 g/mol. The third kappa shape index (κ3) is 2.90. The molecule has 2 aromatic heterocycles. The third-order valence-electron chi connectivity index (χ3n) is 2.04. The van der Waals surface area contributed by atoms with E-state index in [1.807, 2.05) is 30.6 Å². The molecule has 0 aromatic carbocycles. The van der Waals surface area contributed by atoms with Crippen LogP contribution in [0.3, 0.4) is 0 Å². The van der Waals surface area contributed by atoms with E-state index in [9.17, 15) is 4.79 Å². The molecule has 2 aromatic rings. The van der Waals surface area contributed by atoms with Crippen molar-refractivity contribution < 1.29 is 4.79 Å². The largest absolute Gasteiger partial charge is 0.351 e. The van der Waals surface area contributed by atoms with Crippen molar-refractivity contribution in [3.8, 4) is 0 Å². The number of nitrogens with zero attached hydrogens (tertiary/aromatic N) is 1. The number of hydrogen-bond donors (Lipinski definition) is 1. The molecule has 16 heavy (non-hydrogen) atoms. The van der Waals surface area contributed by atoms with Crippen LogP contribution < -0.4 is 5.32 Å². The molecule has 0 aliphatic heterocycles. The molecular formula is C11H12N2OS2. The highest BCUT2D eigenvalue weighted by molar-refractivity contribution is 7.12. The first kappa shape index (κ1) is 11.3. The number of rotatable bonds is 4. The van der Waals surface area contributed by atoms with Gasteiger partial charge >= 0.3 is 0 Å². The van der Waals surface area contributed by atoms with Gasteiger partial charge in [-0.25, -0.2) is 4.98 Å². The molecule has 0 unspecified atom stereocenters. The van der Waals surface area contributed by atoms with Gasteiger partial charge < -0.3 is 5.32 Å². The van der Waals surface area contributed by atoms with Gasteiger partial charge in [0.25, 0.3) is 5.91 Å². The lowest BCUT2D eigenvalue weighted by Gasteiger charge is -2.00. The van der Waals surface area contributed by atoms with E-state index >= 15 is 0 Å². The highest BCUT2D eigenvalue weighted by atomic mass is 32.1. The lowest BCUT2D eigenvalue weighted by atomic mass is 10.4. The Kier molecular flexibility index (Phi) is 3.69. The summed E-state index contributed by atoms with van der Waals surface area (Å²) in [7, 11) is 0. The van der Waals surface area contributed by atoms with Gasteiger partial charge in [-0.15, -0.1) is 22.7 Å². The number of aryl methyl sites for hydroxylation is 1. The predicted octanol–water partition coefficient (Wildman–Crippen LogP) is 2.49. The van der Waals surface area contributed by atoms with Crippen LogP contribution in [0.1, 0.15) is 19.6 Å². The number of carbonyl (C=O) groups is 1. The average Bonchev–Trinajstić information content (AvgIpc) is 2.89. The van der Waals surface area contributed by atoms with E-state index in [0.717, 1.165) is 16.3 Å². The van der Waals surface area contributed by atoms with Gasteiger partial charge in [0, 0.05) is 24.0 Å². The van der Waals surface area contributed by atoms with Gasteiger partial charge in [0.2, 0.25) is 0 Å². The van der Waals surface area contributed by atoms with Crippen LogP contribution in [0.5, 0.6) is 0 Å². The summed E-state index contributed by atoms with van der Waals surface area (Å²) in [6, 6.07) is 3.71. The second-order valence-corrected chi connectivity index (χ2v) is 5.61. The molecule has 5 heteroatoms. The van der Waals surface area contributed by atoms with Crippen molar-refractivity contribution in [1.82, 2.24) is 10.3 Å². The zero-order valence-corrected chi connectivity index (χ0v) is 10.5. The van der Waals surface area contributed by atoms with E-state index in [1.165, 1.54) is 16.2 Å². The van der Waals surface area contributed by atoms with Crippen LogP contribution in [-0.4, -0.2) is 17.4 Å². The maximum absolute atomic E-state index is 11.6. The van der Waals surface area contributed by atoms with E-state index in [1.54, 1.807) is 11.3 Å². The minimum Gasteiger partial charge on any atom is -0.351 e. The molecule has 3 nitrogen and oxygen atoms in total. The Morgan fingerprint density at radius 3 is 3.06 bits per heavy atom. The molecule has 0 saturated heterocycles. The van der Waals surface area contributed by atoms with Crippen LogP contribution in [0.2, 0.25) is 0 Å². The van der Waals surface area contributed by atoms with E-state index in [2.05, 4.69) is 10.3 Å². The molecule has 84 valence electrons. The van der Waals surface area contributed by atoms with Crippen molar-refractivity contribution >= 4 is 28.6 Å². The molecule has 2 heterocycles. The van der Waals surface area contributed by atoms with E-state index < -0.39 is 0 Å². The summed E-state index contributed by atoms with van der Waals surface area (Å²) in [6.45, 7) is 2.68. The topological polar surface area (TPSA) is 42.0 Å². The van der Waals surface area contributed by atoms with Gasteiger partial charge in [0.1, 0.15) is 0 Å². The lowest BCUT2D eigenvalue weighted by molar-refractivity contribution is 0.0958. The molecule has 0 aliphatic rings. The number of thiazole rings is 1. The maximum atomic E-state index is 11.6. The molecule has 0 atom stereocenters. The van der Waals surface area contributed by atoms with Crippen LogP contribution in [0.15, 0.2) is 23.7 Å². The van der Waals surface area contributed by atoms with Crippen molar-refractivity contribution in [2.75, 3.05) is 6.54 Å². The van der Waals surface area contributed by atoms with Crippen LogP contribution in [0, 0.1) is 6.92 Å². The summed E-state index contributed by atoms with van der Waals surface area (Å²) >= 11 is 3.13. The van der Waals surface area contributed by atoms with Crippen molar-refractivity contribution in [3.05, 3.63) is 38.5 Å². The molecule has 0 fully saturated rings. The molecule has 0 saturated carbocycles. The number of aromatic nitrogens is 1. The van der Waals surface area contributed by atoms with Crippen molar-refractivity contribution in [1.29, 1.82) is 0 Å². The second kappa shape index (κ2) is 5.23. The Balaban J connectivity index is 1.78. The predicted molar refractivity (Wildman–Crippen MR) is 67.2 cm³/mol. The van der Waals surface area contributed by atoms with Gasteiger partial charge in [-0.1, -0.05) is 6.07 Å². The Morgan fingerprint density at radius 2 is 2.44 bits per heavy atom. The first-order chi connectivity index (χ1) is 7.75. The maximum Gasteiger partial charge on any atom is 0.261 e. The van der Waals surface area contributed by atoms with Gasteiger partial charge in [0.05, 0.1) is 9.88 Å². The van der Waals surface area contributed by atoms with Crippen LogP contribution in [-0.2, 0) is 6.42 Å². The smallest absolute Gasteiger partial charge is 0.261 e. The van der Waals surface area contributed by atoms with Crippen molar-refractivity contribution in [2.24, 2.45) is 0 Å². The summed E-state index contributed by atoms with van der Waals surface area (Å²) in [5, 5.41) is 5.86. The minimum absolute atomic E-state index is 0.00304. The highest BCUT2D eigenvalue weighted by Crippen LogP contribution is 2.11. The quantitative estimate of drug-likeness (QED) is 0.908. The van der Waals surface area contributed by atoms with E-state index in [0.29, 0.717) is 6.54 Å². The van der Waals surface area contributed by atoms with E-state index in [-0.39, 0.29) is 5.91 Å². The Hall–Kier alpha value is -1.20. The Labute approximate surface area is 102 Å². The standard InChI is InChI=1S/C11H12N2OS2/c1-8-7-13-10(16-8)4-5-12-11(14)9-3-2-6-15-9/h2-3,6-7H,4-5H2,1H3,(H,12,14). The lowest BCUT2D eigenvalue weighted by Crippen LogP contribution is -2.24. The highest BCUT2D eigenvalue weighted by Gasteiger charge is 2.05. The summed E-state index contributed by atoms with van der Waals surface area (Å²) < 4.78 is 0. The van der Waals surface area contributed by atoms with Gasteiger partial charge in [-0.05, 0) is 18.4 Å². The fraction of sp³-hybridized carbons (Fsp3) is 0.273. The van der Waals surface area contributed by atoms with Crippen molar-refractivity contribution in [2.45, 2.75) is 13.3 Å². The molecule has 0 aliphatic carbocycles. The number of nitrogens with one attached hydrogen (secondary N) is 1.